The van der Waals surface area contributed by atoms with E-state index in [1.807, 2.05) is 39.2 Å². The number of furan rings is 1. The van der Waals surface area contributed by atoms with Gasteiger partial charge < -0.3 is 14.5 Å². The Morgan fingerprint density at radius 2 is 2.00 bits per heavy atom. The summed E-state index contributed by atoms with van der Waals surface area (Å²) in [5.41, 5.74) is 2.90. The van der Waals surface area contributed by atoms with Crippen molar-refractivity contribution in [2.24, 2.45) is 0 Å². The van der Waals surface area contributed by atoms with E-state index in [2.05, 4.69) is 25.3 Å². The Morgan fingerprint density at radius 3 is 2.69 bits per heavy atom. The van der Waals surface area contributed by atoms with Crippen LogP contribution in [-0.2, 0) is 16.0 Å². The zero-order valence-corrected chi connectivity index (χ0v) is 19.9. The van der Waals surface area contributed by atoms with Crippen molar-refractivity contribution in [2.75, 3.05) is 39.1 Å². The van der Waals surface area contributed by atoms with Crippen molar-refractivity contribution in [3.05, 3.63) is 40.6 Å². The molecule has 4 rings (SSSR count). The van der Waals surface area contributed by atoms with Crippen molar-refractivity contribution in [3.8, 4) is 0 Å². The maximum Gasteiger partial charge on any atom is 0.253 e. The highest BCUT2D eigenvalue weighted by Gasteiger charge is 2.25. The van der Waals surface area contributed by atoms with Gasteiger partial charge in [0.15, 0.2) is 0 Å². The maximum absolute atomic E-state index is 12.7. The summed E-state index contributed by atoms with van der Waals surface area (Å²) in [6, 6.07) is 3.96. The van der Waals surface area contributed by atoms with E-state index in [0.717, 1.165) is 41.6 Å². The second-order valence-electron chi connectivity index (χ2n) is 7.99. The lowest BCUT2D eigenvalue weighted by atomic mass is 10.1. The molecule has 3 aromatic rings. The summed E-state index contributed by atoms with van der Waals surface area (Å²) >= 11 is 1.49. The van der Waals surface area contributed by atoms with Crippen molar-refractivity contribution >= 4 is 23.4 Å². The van der Waals surface area contributed by atoms with E-state index in [0.29, 0.717) is 43.5 Å². The van der Waals surface area contributed by atoms with E-state index < -0.39 is 0 Å². The van der Waals surface area contributed by atoms with Crippen molar-refractivity contribution in [2.45, 2.75) is 44.8 Å². The van der Waals surface area contributed by atoms with Crippen molar-refractivity contribution in [1.82, 2.24) is 29.8 Å². The minimum atomic E-state index is -0.00171. The minimum Gasteiger partial charge on any atom is -0.465 e. The number of aromatic nitrogens is 4. The first-order valence-electron chi connectivity index (χ1n) is 10.9. The standard InChI is InChI=1S/C22H30N6O3S/c1-14-5-7-19(31-14)18(27-9-11-30-12-10-27)13-23-20(29)8-6-17-15(2)24-21-25-22(32-4)26-28(21)16(17)3/h5,7,18H,6,8-13H2,1-4H3,(H,23,29)/t18-/m0/s1. The second kappa shape index (κ2) is 10.0. The Balaban J connectivity index is 1.40. The number of hydrogen-bond donors (Lipinski definition) is 1. The fourth-order valence-electron chi connectivity index (χ4n) is 4.11. The topological polar surface area (TPSA) is 97.8 Å². The Labute approximate surface area is 191 Å². The molecule has 0 bridgehead atoms. The molecular formula is C22H30N6O3S. The lowest BCUT2D eigenvalue weighted by molar-refractivity contribution is -0.121. The average Bonchev–Trinajstić information content (AvgIpc) is 3.40. The molecule has 0 spiro atoms. The molecule has 9 nitrogen and oxygen atoms in total. The minimum absolute atomic E-state index is 0.00171. The number of hydrogen-bond acceptors (Lipinski definition) is 8. The van der Waals surface area contributed by atoms with Crippen molar-refractivity contribution in [3.63, 3.8) is 0 Å². The fourth-order valence-corrected chi connectivity index (χ4v) is 4.44. The van der Waals surface area contributed by atoms with Crippen LogP contribution in [-0.4, -0.2) is 69.5 Å². The molecule has 1 saturated heterocycles. The number of morpholine rings is 1. The van der Waals surface area contributed by atoms with Gasteiger partial charge in [0, 0.05) is 37.4 Å². The van der Waals surface area contributed by atoms with Crippen LogP contribution in [0.3, 0.4) is 0 Å². The third kappa shape index (κ3) is 4.97. The molecule has 0 saturated carbocycles. The van der Waals surface area contributed by atoms with Crippen LogP contribution in [0, 0.1) is 20.8 Å². The molecule has 1 amide bonds. The van der Waals surface area contributed by atoms with E-state index in [9.17, 15) is 4.79 Å². The van der Waals surface area contributed by atoms with Gasteiger partial charge in [0.05, 0.1) is 19.3 Å². The third-order valence-electron chi connectivity index (χ3n) is 5.88. The first-order chi connectivity index (χ1) is 15.5. The van der Waals surface area contributed by atoms with E-state index in [-0.39, 0.29) is 11.9 Å². The largest absolute Gasteiger partial charge is 0.465 e. The summed E-state index contributed by atoms with van der Waals surface area (Å²) in [5, 5.41) is 8.29. The smallest absolute Gasteiger partial charge is 0.253 e. The number of fused-ring (bicyclic) bond motifs is 1. The molecule has 172 valence electrons. The summed E-state index contributed by atoms with van der Waals surface area (Å²) in [7, 11) is 0. The van der Waals surface area contributed by atoms with E-state index in [4.69, 9.17) is 9.15 Å². The van der Waals surface area contributed by atoms with Gasteiger partial charge in [-0.3, -0.25) is 9.69 Å². The molecule has 0 aromatic carbocycles. The van der Waals surface area contributed by atoms with Crippen LogP contribution in [0.5, 0.6) is 0 Å². The molecule has 1 aliphatic rings. The second-order valence-corrected chi connectivity index (χ2v) is 8.76. The Hall–Kier alpha value is -2.43. The van der Waals surface area contributed by atoms with Crippen molar-refractivity contribution < 1.29 is 13.9 Å². The van der Waals surface area contributed by atoms with Gasteiger partial charge in [-0.15, -0.1) is 5.10 Å². The van der Waals surface area contributed by atoms with Gasteiger partial charge in [-0.05, 0) is 51.1 Å². The maximum atomic E-state index is 12.7. The summed E-state index contributed by atoms with van der Waals surface area (Å²) in [6.45, 7) is 9.42. The number of carbonyl (C=O) groups is 1. The van der Waals surface area contributed by atoms with Crippen LogP contribution in [0.2, 0.25) is 0 Å². The summed E-state index contributed by atoms with van der Waals surface area (Å²) in [5.74, 6) is 2.35. The Bertz CT molecular complexity index is 1090. The third-order valence-corrected chi connectivity index (χ3v) is 6.42. The highest BCUT2D eigenvalue weighted by Crippen LogP contribution is 2.23. The van der Waals surface area contributed by atoms with E-state index in [1.165, 1.54) is 11.8 Å². The highest BCUT2D eigenvalue weighted by atomic mass is 32.2. The molecule has 0 unspecified atom stereocenters. The van der Waals surface area contributed by atoms with Crippen molar-refractivity contribution in [1.29, 1.82) is 0 Å². The van der Waals surface area contributed by atoms with Crippen LogP contribution < -0.4 is 5.32 Å². The monoisotopic (exact) mass is 458 g/mol. The van der Waals surface area contributed by atoms with Crippen LogP contribution in [0.4, 0.5) is 0 Å². The number of amides is 1. The lowest BCUT2D eigenvalue weighted by Gasteiger charge is -2.33. The van der Waals surface area contributed by atoms with Crippen LogP contribution in [0.15, 0.2) is 21.7 Å². The number of ether oxygens (including phenoxy) is 1. The molecule has 4 heterocycles. The summed E-state index contributed by atoms with van der Waals surface area (Å²) < 4.78 is 13.1. The lowest BCUT2D eigenvalue weighted by Crippen LogP contribution is -2.43. The predicted molar refractivity (Wildman–Crippen MR) is 122 cm³/mol. The molecule has 1 aliphatic heterocycles. The Morgan fingerprint density at radius 1 is 1.22 bits per heavy atom. The number of aryl methyl sites for hydroxylation is 3. The number of thioether (sulfide) groups is 1. The molecule has 32 heavy (non-hydrogen) atoms. The van der Waals surface area contributed by atoms with Crippen LogP contribution in [0.25, 0.3) is 5.78 Å². The number of rotatable bonds is 8. The molecule has 1 fully saturated rings. The quantitative estimate of drug-likeness (QED) is 0.514. The average molecular weight is 459 g/mol. The summed E-state index contributed by atoms with van der Waals surface area (Å²) in [4.78, 5) is 24.0. The zero-order valence-electron chi connectivity index (χ0n) is 19.1. The van der Waals surface area contributed by atoms with E-state index in [1.54, 1.807) is 4.52 Å². The molecule has 1 N–H and O–H groups in total. The zero-order chi connectivity index (χ0) is 22.7. The van der Waals surface area contributed by atoms with Crippen LogP contribution in [0.1, 0.15) is 40.9 Å². The Kier molecular flexibility index (Phi) is 7.12. The number of nitrogens with one attached hydrogen (secondary N) is 1. The highest BCUT2D eigenvalue weighted by molar-refractivity contribution is 7.98. The van der Waals surface area contributed by atoms with Gasteiger partial charge in [0.1, 0.15) is 11.5 Å². The van der Waals surface area contributed by atoms with E-state index >= 15 is 0 Å². The van der Waals surface area contributed by atoms with Gasteiger partial charge in [0.25, 0.3) is 5.78 Å². The van der Waals surface area contributed by atoms with Gasteiger partial charge in [-0.1, -0.05) is 11.8 Å². The SMILES string of the molecule is CSc1nc2nc(C)c(CCC(=O)NC[C@@H](c3ccc(C)o3)N3CCOCC3)c(C)n2n1. The van der Waals surface area contributed by atoms with Crippen LogP contribution >= 0.6 is 11.8 Å². The molecule has 0 radical (unpaired) electrons. The van der Waals surface area contributed by atoms with Gasteiger partial charge >= 0.3 is 0 Å². The number of carbonyl (C=O) groups excluding carboxylic acids is 1. The van der Waals surface area contributed by atoms with Gasteiger partial charge in [0.2, 0.25) is 11.1 Å². The molecular weight excluding hydrogens is 428 g/mol. The summed E-state index contributed by atoms with van der Waals surface area (Å²) in [6.07, 6.45) is 2.92. The molecule has 3 aromatic heterocycles. The predicted octanol–water partition coefficient (Wildman–Crippen LogP) is 2.49. The first kappa shape index (κ1) is 22.8. The fraction of sp³-hybridized carbons (Fsp3) is 0.545. The molecule has 0 aliphatic carbocycles. The molecule has 1 atom stereocenters. The number of nitrogens with zero attached hydrogens (tertiary/aromatic N) is 5. The van der Waals surface area contributed by atoms with Gasteiger partial charge in [-0.2, -0.15) is 4.98 Å². The van der Waals surface area contributed by atoms with Gasteiger partial charge in [-0.25, -0.2) is 9.50 Å². The molecule has 10 heteroatoms. The first-order valence-corrected chi connectivity index (χ1v) is 12.1. The normalized spacial score (nSPS) is 15.9.